The Morgan fingerprint density at radius 1 is 1.29 bits per heavy atom. The van der Waals surface area contributed by atoms with Crippen LogP contribution in [0.25, 0.3) is 0 Å². The fourth-order valence-corrected chi connectivity index (χ4v) is 1.41. The second kappa shape index (κ2) is 6.96. The Hall–Kier alpha value is -1.49. The number of halogens is 2. The summed E-state index contributed by atoms with van der Waals surface area (Å²) in [4.78, 5) is 11.3. The van der Waals surface area contributed by atoms with Crippen molar-refractivity contribution in [3.63, 3.8) is 0 Å². The van der Waals surface area contributed by atoms with Crippen LogP contribution >= 0.6 is 0 Å². The van der Waals surface area contributed by atoms with Gasteiger partial charge < -0.3 is 11.1 Å². The van der Waals surface area contributed by atoms with E-state index in [1.54, 1.807) is 0 Å². The molecule has 5 heteroatoms. The van der Waals surface area contributed by atoms with E-state index in [-0.39, 0.29) is 0 Å². The predicted octanol–water partition coefficient (Wildman–Crippen LogP) is 1.33. The minimum atomic E-state index is -2.54. The van der Waals surface area contributed by atoms with Gasteiger partial charge in [0.25, 0.3) is 6.43 Å². The third kappa shape index (κ3) is 5.40. The third-order valence-corrected chi connectivity index (χ3v) is 2.35. The normalized spacial score (nSPS) is 12.5. The molecule has 0 unspecified atom stereocenters. The highest BCUT2D eigenvalue weighted by molar-refractivity contribution is 5.81. The lowest BCUT2D eigenvalue weighted by atomic mass is 10.1. The summed E-state index contributed by atoms with van der Waals surface area (Å²) in [5.41, 5.74) is 6.67. The summed E-state index contributed by atoms with van der Waals surface area (Å²) in [6.45, 7) is -0.641. The highest BCUT2D eigenvalue weighted by Crippen LogP contribution is 2.04. The van der Waals surface area contributed by atoms with Gasteiger partial charge in [-0.15, -0.1) is 0 Å². The topological polar surface area (TPSA) is 55.1 Å². The fraction of sp³-hybridized carbons (Fsp3) is 0.417. The third-order valence-electron chi connectivity index (χ3n) is 2.35. The first kappa shape index (κ1) is 13.6. The molecule has 0 aliphatic rings. The van der Waals surface area contributed by atoms with E-state index in [0.717, 1.165) is 5.56 Å². The van der Waals surface area contributed by atoms with E-state index in [1.807, 2.05) is 30.3 Å². The zero-order valence-electron chi connectivity index (χ0n) is 9.40. The summed E-state index contributed by atoms with van der Waals surface area (Å²) < 4.78 is 23.7. The standard InChI is InChI=1S/C12H16F2N2O/c13-11(14)8-16-12(17)10(15)7-6-9-4-2-1-3-5-9/h1-5,10-11H,6-8,15H2,(H,16,17)/t10-/m0/s1. The number of hydrogen-bond donors (Lipinski definition) is 2. The van der Waals surface area contributed by atoms with Crippen LogP contribution < -0.4 is 11.1 Å². The number of carbonyl (C=O) groups excluding carboxylic acids is 1. The molecule has 1 aromatic carbocycles. The Morgan fingerprint density at radius 3 is 2.53 bits per heavy atom. The van der Waals surface area contributed by atoms with Gasteiger partial charge in [-0.3, -0.25) is 4.79 Å². The molecule has 3 nitrogen and oxygen atoms in total. The first-order chi connectivity index (χ1) is 8.09. The number of aryl methyl sites for hydroxylation is 1. The van der Waals surface area contributed by atoms with Crippen LogP contribution in [0.4, 0.5) is 8.78 Å². The number of nitrogens with one attached hydrogen (secondary N) is 1. The minimum absolute atomic E-state index is 0.444. The van der Waals surface area contributed by atoms with Crippen LogP contribution in [0.1, 0.15) is 12.0 Å². The number of rotatable bonds is 6. The molecule has 94 valence electrons. The van der Waals surface area contributed by atoms with E-state index >= 15 is 0 Å². The molecule has 0 saturated carbocycles. The van der Waals surface area contributed by atoms with Crippen LogP contribution in [0.2, 0.25) is 0 Å². The van der Waals surface area contributed by atoms with Gasteiger partial charge in [-0.25, -0.2) is 8.78 Å². The number of hydrogen-bond acceptors (Lipinski definition) is 2. The summed E-state index contributed by atoms with van der Waals surface area (Å²) in [5.74, 6) is -0.527. The van der Waals surface area contributed by atoms with Crippen molar-refractivity contribution in [2.24, 2.45) is 5.73 Å². The molecule has 0 fully saturated rings. The fourth-order valence-electron chi connectivity index (χ4n) is 1.41. The van der Waals surface area contributed by atoms with E-state index in [1.165, 1.54) is 0 Å². The zero-order chi connectivity index (χ0) is 12.7. The molecule has 0 aliphatic carbocycles. The quantitative estimate of drug-likeness (QED) is 0.790. The molecule has 1 amide bonds. The lowest BCUT2D eigenvalue weighted by molar-refractivity contribution is -0.123. The summed E-state index contributed by atoms with van der Waals surface area (Å²) in [6, 6.07) is 8.83. The van der Waals surface area contributed by atoms with E-state index in [4.69, 9.17) is 5.73 Å². The average molecular weight is 242 g/mol. The van der Waals surface area contributed by atoms with E-state index in [0.29, 0.717) is 12.8 Å². The molecule has 0 radical (unpaired) electrons. The van der Waals surface area contributed by atoms with Gasteiger partial charge in [0.1, 0.15) is 0 Å². The molecule has 1 atom stereocenters. The Labute approximate surface area is 99.0 Å². The van der Waals surface area contributed by atoms with E-state index in [9.17, 15) is 13.6 Å². The molecule has 0 aliphatic heterocycles. The summed E-state index contributed by atoms with van der Waals surface area (Å²) in [6.07, 6.45) is -1.44. The van der Waals surface area contributed by atoms with Gasteiger partial charge in [0, 0.05) is 0 Å². The van der Waals surface area contributed by atoms with Crippen LogP contribution in [0, 0.1) is 0 Å². The van der Waals surface area contributed by atoms with Crippen molar-refractivity contribution in [1.29, 1.82) is 0 Å². The van der Waals surface area contributed by atoms with Gasteiger partial charge in [-0.05, 0) is 18.4 Å². The Bertz CT molecular complexity index is 344. The Kier molecular flexibility index (Phi) is 5.56. The van der Waals surface area contributed by atoms with Crippen molar-refractivity contribution in [1.82, 2.24) is 5.32 Å². The predicted molar refractivity (Wildman–Crippen MR) is 61.8 cm³/mol. The molecule has 1 rings (SSSR count). The van der Waals surface area contributed by atoms with Crippen LogP contribution in [0.5, 0.6) is 0 Å². The van der Waals surface area contributed by atoms with Crippen LogP contribution in [0.15, 0.2) is 30.3 Å². The van der Waals surface area contributed by atoms with Gasteiger partial charge >= 0.3 is 0 Å². The van der Waals surface area contributed by atoms with Crippen molar-refractivity contribution < 1.29 is 13.6 Å². The second-order valence-corrected chi connectivity index (χ2v) is 3.77. The van der Waals surface area contributed by atoms with Gasteiger partial charge in [0.2, 0.25) is 5.91 Å². The van der Waals surface area contributed by atoms with E-state index < -0.39 is 24.9 Å². The summed E-state index contributed by atoms with van der Waals surface area (Å²) in [5, 5.41) is 2.10. The average Bonchev–Trinajstić information content (AvgIpc) is 2.34. The molecule has 3 N–H and O–H groups in total. The molecule has 0 bridgehead atoms. The molecule has 17 heavy (non-hydrogen) atoms. The summed E-state index contributed by atoms with van der Waals surface area (Å²) >= 11 is 0. The van der Waals surface area contributed by atoms with Gasteiger partial charge in [-0.1, -0.05) is 30.3 Å². The Balaban J connectivity index is 2.29. The maximum absolute atomic E-state index is 11.9. The highest BCUT2D eigenvalue weighted by Gasteiger charge is 2.14. The van der Waals surface area contributed by atoms with Gasteiger partial charge in [-0.2, -0.15) is 0 Å². The van der Waals surface area contributed by atoms with Crippen LogP contribution in [0.3, 0.4) is 0 Å². The molecular weight excluding hydrogens is 226 g/mol. The number of benzene rings is 1. The molecule has 1 aromatic rings. The van der Waals surface area contributed by atoms with Crippen molar-refractivity contribution in [3.8, 4) is 0 Å². The molecule has 0 saturated heterocycles. The second-order valence-electron chi connectivity index (χ2n) is 3.77. The number of alkyl halides is 2. The van der Waals surface area contributed by atoms with Crippen LogP contribution in [-0.4, -0.2) is 24.9 Å². The molecule has 0 aromatic heterocycles. The first-order valence-electron chi connectivity index (χ1n) is 5.45. The van der Waals surface area contributed by atoms with E-state index in [2.05, 4.69) is 5.32 Å². The van der Waals surface area contributed by atoms with Crippen molar-refractivity contribution in [3.05, 3.63) is 35.9 Å². The maximum Gasteiger partial charge on any atom is 0.255 e. The number of nitrogens with two attached hydrogens (primary N) is 1. The van der Waals surface area contributed by atoms with Gasteiger partial charge in [0.05, 0.1) is 12.6 Å². The first-order valence-corrected chi connectivity index (χ1v) is 5.45. The maximum atomic E-state index is 11.9. The van der Waals surface area contributed by atoms with Crippen molar-refractivity contribution in [2.45, 2.75) is 25.3 Å². The minimum Gasteiger partial charge on any atom is -0.349 e. The monoisotopic (exact) mass is 242 g/mol. The zero-order valence-corrected chi connectivity index (χ0v) is 9.40. The summed E-state index contributed by atoms with van der Waals surface area (Å²) in [7, 11) is 0. The number of amides is 1. The highest BCUT2D eigenvalue weighted by atomic mass is 19.3. The van der Waals surface area contributed by atoms with Crippen molar-refractivity contribution in [2.75, 3.05) is 6.54 Å². The lowest BCUT2D eigenvalue weighted by Crippen LogP contribution is -2.42. The van der Waals surface area contributed by atoms with Gasteiger partial charge in [0.15, 0.2) is 0 Å². The Morgan fingerprint density at radius 2 is 1.94 bits per heavy atom. The lowest BCUT2D eigenvalue weighted by Gasteiger charge is -2.11. The number of carbonyl (C=O) groups is 1. The SMILES string of the molecule is N[C@@H](CCc1ccccc1)C(=O)NCC(F)F. The molecule has 0 spiro atoms. The van der Waals surface area contributed by atoms with Crippen molar-refractivity contribution >= 4 is 5.91 Å². The molecular formula is C12H16F2N2O. The van der Waals surface area contributed by atoms with Crippen LogP contribution in [-0.2, 0) is 11.2 Å². The molecule has 0 heterocycles. The smallest absolute Gasteiger partial charge is 0.255 e. The largest absolute Gasteiger partial charge is 0.349 e.